The molecule has 0 aromatic heterocycles. The number of rotatable bonds is 1. The molecule has 1 unspecified atom stereocenters. The zero-order valence-electron chi connectivity index (χ0n) is 12.8. The molecule has 1 saturated heterocycles. The van der Waals surface area contributed by atoms with Crippen molar-refractivity contribution in [1.82, 2.24) is 4.90 Å². The van der Waals surface area contributed by atoms with Crippen LogP contribution in [0.3, 0.4) is 0 Å². The van der Waals surface area contributed by atoms with Crippen molar-refractivity contribution < 1.29 is 9.53 Å². The zero-order chi connectivity index (χ0) is 14.6. The average Bonchev–Trinajstić information content (AvgIpc) is 2.63. The van der Waals surface area contributed by atoms with Crippen LogP contribution in [0.2, 0.25) is 0 Å². The molecule has 3 nitrogen and oxygen atoms in total. The molecule has 1 heterocycles. The van der Waals surface area contributed by atoms with Gasteiger partial charge in [-0.1, -0.05) is 30.3 Å². The summed E-state index contributed by atoms with van der Waals surface area (Å²) >= 11 is 0. The van der Waals surface area contributed by atoms with E-state index in [0.717, 1.165) is 32.4 Å². The summed E-state index contributed by atoms with van der Waals surface area (Å²) in [5.41, 5.74) is 0.973. The van der Waals surface area contributed by atoms with Crippen LogP contribution in [-0.2, 0) is 4.74 Å². The summed E-state index contributed by atoms with van der Waals surface area (Å²) < 4.78 is 5.46. The van der Waals surface area contributed by atoms with Gasteiger partial charge in [-0.15, -0.1) is 0 Å². The number of hydrogen-bond acceptors (Lipinski definition) is 2. The summed E-state index contributed by atoms with van der Waals surface area (Å²) in [6.07, 6.45) is 3.02. The lowest BCUT2D eigenvalue weighted by Crippen LogP contribution is -2.37. The van der Waals surface area contributed by atoms with Gasteiger partial charge in [0.15, 0.2) is 0 Å². The Kier molecular flexibility index (Phi) is 4.69. The Morgan fingerprint density at radius 3 is 2.50 bits per heavy atom. The van der Waals surface area contributed by atoms with E-state index in [-0.39, 0.29) is 6.09 Å². The van der Waals surface area contributed by atoms with E-state index in [2.05, 4.69) is 24.3 Å². The van der Waals surface area contributed by atoms with Crippen molar-refractivity contribution in [3.63, 3.8) is 0 Å². The first kappa shape index (κ1) is 14.9. The van der Waals surface area contributed by atoms with Gasteiger partial charge in [0.1, 0.15) is 5.60 Å². The van der Waals surface area contributed by atoms with Gasteiger partial charge >= 0.3 is 6.09 Å². The van der Waals surface area contributed by atoms with Crippen molar-refractivity contribution >= 4 is 6.09 Å². The fourth-order valence-electron chi connectivity index (χ4n) is 2.66. The van der Waals surface area contributed by atoms with Gasteiger partial charge in [-0.05, 0) is 51.5 Å². The van der Waals surface area contributed by atoms with Gasteiger partial charge in [-0.2, -0.15) is 0 Å². The van der Waals surface area contributed by atoms with Crippen molar-refractivity contribution in [3.8, 4) is 0 Å². The molecule has 0 aliphatic carbocycles. The first-order valence-corrected chi connectivity index (χ1v) is 7.48. The average molecular weight is 275 g/mol. The van der Waals surface area contributed by atoms with E-state index in [1.54, 1.807) is 0 Å². The zero-order valence-corrected chi connectivity index (χ0v) is 12.8. The van der Waals surface area contributed by atoms with Gasteiger partial charge in [0.05, 0.1) is 0 Å². The van der Waals surface area contributed by atoms with Crippen LogP contribution in [0, 0.1) is 0 Å². The third-order valence-electron chi connectivity index (χ3n) is 3.65. The Labute approximate surface area is 121 Å². The molecule has 110 valence electrons. The first-order chi connectivity index (χ1) is 9.46. The van der Waals surface area contributed by atoms with Crippen LogP contribution in [0.5, 0.6) is 0 Å². The smallest absolute Gasteiger partial charge is 0.410 e. The molecule has 1 amide bonds. The molecule has 0 saturated carbocycles. The van der Waals surface area contributed by atoms with E-state index >= 15 is 0 Å². The maximum atomic E-state index is 12.1. The largest absolute Gasteiger partial charge is 0.444 e. The van der Waals surface area contributed by atoms with Crippen molar-refractivity contribution in [2.24, 2.45) is 0 Å². The minimum absolute atomic E-state index is 0.175. The molecular formula is C17H25NO2. The number of amides is 1. The lowest BCUT2D eigenvalue weighted by molar-refractivity contribution is 0.0256. The van der Waals surface area contributed by atoms with Crippen LogP contribution >= 0.6 is 0 Å². The number of hydrogen-bond donors (Lipinski definition) is 0. The fourth-order valence-corrected chi connectivity index (χ4v) is 2.66. The molecule has 1 fully saturated rings. The van der Waals surface area contributed by atoms with E-state index in [0.29, 0.717) is 5.92 Å². The number of carbonyl (C=O) groups excluding carboxylic acids is 1. The molecule has 0 radical (unpaired) electrons. The maximum Gasteiger partial charge on any atom is 0.410 e. The van der Waals surface area contributed by atoms with E-state index in [1.807, 2.05) is 31.7 Å². The second-order valence-corrected chi connectivity index (χ2v) is 6.51. The quantitative estimate of drug-likeness (QED) is 0.769. The molecular weight excluding hydrogens is 250 g/mol. The van der Waals surface area contributed by atoms with Crippen LogP contribution in [0.1, 0.15) is 51.5 Å². The van der Waals surface area contributed by atoms with E-state index in [1.165, 1.54) is 5.56 Å². The topological polar surface area (TPSA) is 29.5 Å². The molecule has 0 bridgehead atoms. The summed E-state index contributed by atoms with van der Waals surface area (Å²) in [5.74, 6) is 0.559. The molecule has 3 heteroatoms. The van der Waals surface area contributed by atoms with Gasteiger partial charge in [-0.3, -0.25) is 0 Å². The van der Waals surface area contributed by atoms with Crippen LogP contribution < -0.4 is 0 Å². The molecule has 1 atom stereocenters. The van der Waals surface area contributed by atoms with E-state index < -0.39 is 5.60 Å². The van der Waals surface area contributed by atoms with Gasteiger partial charge in [0, 0.05) is 13.1 Å². The first-order valence-electron chi connectivity index (χ1n) is 7.48. The predicted octanol–water partition coefficient (Wildman–Crippen LogP) is 4.19. The van der Waals surface area contributed by atoms with E-state index in [4.69, 9.17) is 4.74 Å². The normalized spacial score (nSPS) is 20.4. The Hall–Kier alpha value is -1.51. The highest BCUT2D eigenvalue weighted by molar-refractivity contribution is 5.68. The second-order valence-electron chi connectivity index (χ2n) is 6.51. The molecule has 2 rings (SSSR count). The van der Waals surface area contributed by atoms with Crippen molar-refractivity contribution in [3.05, 3.63) is 35.9 Å². The summed E-state index contributed by atoms with van der Waals surface area (Å²) in [6, 6.07) is 10.6. The minimum Gasteiger partial charge on any atom is -0.444 e. The Bertz CT molecular complexity index is 436. The maximum absolute atomic E-state index is 12.1. The third kappa shape index (κ3) is 4.26. The number of nitrogens with zero attached hydrogens (tertiary/aromatic N) is 1. The Balaban J connectivity index is 1.94. The molecule has 0 N–H and O–H groups in total. The molecule has 1 aromatic carbocycles. The summed E-state index contributed by atoms with van der Waals surface area (Å²) in [4.78, 5) is 14.0. The summed E-state index contributed by atoms with van der Waals surface area (Å²) in [6.45, 7) is 7.33. The summed E-state index contributed by atoms with van der Waals surface area (Å²) in [7, 11) is 0. The van der Waals surface area contributed by atoms with Gasteiger partial charge in [0.25, 0.3) is 0 Å². The lowest BCUT2D eigenvalue weighted by atomic mass is 9.92. The molecule has 0 spiro atoms. The SMILES string of the molecule is CC(C)(C)OC(=O)N1CCCC(c2ccccc2)CC1. The standard InChI is InChI=1S/C17H25NO2/c1-17(2,3)20-16(19)18-12-7-10-15(11-13-18)14-8-5-4-6-9-14/h4-6,8-9,15H,7,10-13H2,1-3H3. The highest BCUT2D eigenvalue weighted by atomic mass is 16.6. The van der Waals surface area contributed by atoms with Crippen LogP contribution in [-0.4, -0.2) is 29.7 Å². The Morgan fingerprint density at radius 1 is 1.15 bits per heavy atom. The van der Waals surface area contributed by atoms with Gasteiger partial charge in [-0.25, -0.2) is 4.79 Å². The fraction of sp³-hybridized carbons (Fsp3) is 0.588. The van der Waals surface area contributed by atoms with Gasteiger partial charge in [0.2, 0.25) is 0 Å². The monoisotopic (exact) mass is 275 g/mol. The third-order valence-corrected chi connectivity index (χ3v) is 3.65. The number of likely N-dealkylation sites (tertiary alicyclic amines) is 1. The molecule has 20 heavy (non-hydrogen) atoms. The minimum atomic E-state index is -0.414. The second kappa shape index (κ2) is 6.29. The molecule has 1 aliphatic rings. The highest BCUT2D eigenvalue weighted by Gasteiger charge is 2.25. The van der Waals surface area contributed by atoms with Crippen LogP contribution in [0.4, 0.5) is 4.79 Å². The van der Waals surface area contributed by atoms with Crippen molar-refractivity contribution in [2.75, 3.05) is 13.1 Å². The van der Waals surface area contributed by atoms with Gasteiger partial charge < -0.3 is 9.64 Å². The number of benzene rings is 1. The van der Waals surface area contributed by atoms with Crippen molar-refractivity contribution in [2.45, 2.75) is 51.6 Å². The van der Waals surface area contributed by atoms with Crippen molar-refractivity contribution in [1.29, 1.82) is 0 Å². The van der Waals surface area contributed by atoms with Crippen LogP contribution in [0.15, 0.2) is 30.3 Å². The highest BCUT2D eigenvalue weighted by Crippen LogP contribution is 2.28. The molecule has 1 aromatic rings. The Morgan fingerprint density at radius 2 is 1.85 bits per heavy atom. The summed E-state index contributed by atoms with van der Waals surface area (Å²) in [5, 5.41) is 0. The van der Waals surface area contributed by atoms with E-state index in [9.17, 15) is 4.79 Å². The predicted molar refractivity (Wildman–Crippen MR) is 80.8 cm³/mol. The van der Waals surface area contributed by atoms with Crippen LogP contribution in [0.25, 0.3) is 0 Å². The molecule has 1 aliphatic heterocycles. The number of carbonyl (C=O) groups is 1. The lowest BCUT2D eigenvalue weighted by Gasteiger charge is -2.26. The number of ether oxygens (including phenoxy) is 1.